The normalized spacial score (nSPS) is 11.7. The fraction of sp³-hybridized carbons (Fsp3) is 0.208. The number of aromatic nitrogens is 2. The van der Waals surface area contributed by atoms with Gasteiger partial charge >= 0.3 is 0 Å². The van der Waals surface area contributed by atoms with Gasteiger partial charge in [-0.15, -0.1) is 0 Å². The highest BCUT2D eigenvalue weighted by atomic mass is 32.2. The minimum atomic E-state index is -3.20. The first kappa shape index (κ1) is 20.9. The van der Waals surface area contributed by atoms with Crippen LogP contribution in [0, 0.1) is 13.8 Å². The number of nitrogens with zero attached hydrogens (tertiary/aromatic N) is 1. The average molecular weight is 437 g/mol. The molecule has 6 nitrogen and oxygen atoms in total. The van der Waals surface area contributed by atoms with Gasteiger partial charge in [0.05, 0.1) is 11.4 Å². The number of aromatic amines is 1. The van der Waals surface area contributed by atoms with Crippen molar-refractivity contribution < 1.29 is 13.2 Å². The third-order valence-corrected chi connectivity index (χ3v) is 6.99. The molecule has 0 saturated heterocycles. The topological polar surface area (TPSA) is 80.6 Å². The summed E-state index contributed by atoms with van der Waals surface area (Å²) in [5.74, 6) is 1.33. The Kier molecular flexibility index (Phi) is 5.45. The molecule has 2 heterocycles. The molecule has 2 aromatic carbocycles. The molecule has 0 spiro atoms. The van der Waals surface area contributed by atoms with Gasteiger partial charge in [-0.2, -0.15) is 0 Å². The molecule has 0 atom stereocenters. The van der Waals surface area contributed by atoms with Crippen LogP contribution in [0.25, 0.3) is 16.8 Å². The van der Waals surface area contributed by atoms with Crippen molar-refractivity contribution in [2.75, 3.05) is 5.75 Å². The van der Waals surface area contributed by atoms with E-state index < -0.39 is 9.84 Å². The molecule has 31 heavy (non-hydrogen) atoms. The Morgan fingerprint density at radius 2 is 1.77 bits per heavy atom. The highest BCUT2D eigenvalue weighted by Crippen LogP contribution is 2.37. The second-order valence-electron chi connectivity index (χ2n) is 7.60. The Bertz CT molecular complexity index is 1430. The number of hydrogen-bond acceptors (Lipinski definition) is 4. The maximum absolute atomic E-state index is 12.4. The molecule has 0 aliphatic carbocycles. The summed E-state index contributed by atoms with van der Waals surface area (Å²) in [7, 11) is -3.20. The van der Waals surface area contributed by atoms with E-state index in [-0.39, 0.29) is 17.1 Å². The van der Waals surface area contributed by atoms with E-state index in [4.69, 9.17) is 4.74 Å². The van der Waals surface area contributed by atoms with Gasteiger partial charge in [0.1, 0.15) is 17.0 Å². The van der Waals surface area contributed by atoms with E-state index >= 15 is 0 Å². The lowest BCUT2D eigenvalue weighted by Crippen LogP contribution is -2.09. The molecule has 4 aromatic rings. The second-order valence-corrected chi connectivity index (χ2v) is 9.95. The summed E-state index contributed by atoms with van der Waals surface area (Å²) in [6, 6.07) is 15.0. The lowest BCUT2D eigenvalue weighted by molar-refractivity contribution is 0.480. The van der Waals surface area contributed by atoms with Crippen molar-refractivity contribution in [3.8, 4) is 22.8 Å². The quantitative estimate of drug-likeness (QED) is 0.478. The molecule has 160 valence electrons. The largest absolute Gasteiger partial charge is 0.456 e. The zero-order chi connectivity index (χ0) is 22.2. The van der Waals surface area contributed by atoms with Crippen molar-refractivity contribution in [1.82, 2.24) is 9.38 Å². The van der Waals surface area contributed by atoms with Crippen molar-refractivity contribution in [2.45, 2.75) is 26.5 Å². The molecule has 2 aromatic heterocycles. The van der Waals surface area contributed by atoms with Crippen LogP contribution in [-0.2, 0) is 15.6 Å². The zero-order valence-electron chi connectivity index (χ0n) is 17.7. The van der Waals surface area contributed by atoms with Gasteiger partial charge in [-0.3, -0.25) is 4.79 Å². The molecule has 0 aliphatic heterocycles. The zero-order valence-corrected chi connectivity index (χ0v) is 18.5. The molecular formula is C24H24N2O4S. The number of nitrogens with one attached hydrogen (secondary N) is 1. The Morgan fingerprint density at radius 1 is 1.00 bits per heavy atom. The monoisotopic (exact) mass is 436 g/mol. The summed E-state index contributed by atoms with van der Waals surface area (Å²) in [4.78, 5) is 15.1. The number of benzene rings is 2. The molecule has 0 unspecified atom stereocenters. The van der Waals surface area contributed by atoms with Crippen LogP contribution in [0.2, 0.25) is 0 Å². The molecule has 0 aliphatic rings. The van der Waals surface area contributed by atoms with E-state index in [1.54, 1.807) is 31.5 Å². The predicted molar refractivity (Wildman–Crippen MR) is 123 cm³/mol. The van der Waals surface area contributed by atoms with Crippen molar-refractivity contribution in [2.24, 2.45) is 0 Å². The molecule has 0 saturated carbocycles. The third kappa shape index (κ3) is 4.14. The van der Waals surface area contributed by atoms with Gasteiger partial charge in [-0.05, 0) is 54.8 Å². The summed E-state index contributed by atoms with van der Waals surface area (Å²) < 4.78 is 32.5. The van der Waals surface area contributed by atoms with Gasteiger partial charge in [-0.25, -0.2) is 8.42 Å². The fourth-order valence-electron chi connectivity index (χ4n) is 3.66. The van der Waals surface area contributed by atoms with Gasteiger partial charge in [0, 0.05) is 23.7 Å². The minimum absolute atomic E-state index is 0.0516. The first-order valence-corrected chi connectivity index (χ1v) is 11.9. The highest BCUT2D eigenvalue weighted by Gasteiger charge is 2.18. The van der Waals surface area contributed by atoms with E-state index in [9.17, 15) is 13.2 Å². The summed E-state index contributed by atoms with van der Waals surface area (Å²) in [6.07, 6.45) is 3.37. The summed E-state index contributed by atoms with van der Waals surface area (Å²) >= 11 is 0. The Labute approximate surface area is 181 Å². The van der Waals surface area contributed by atoms with Gasteiger partial charge in [-0.1, -0.05) is 31.2 Å². The predicted octanol–water partition coefficient (Wildman–Crippen LogP) is 4.64. The lowest BCUT2D eigenvalue weighted by atomic mass is 10.1. The number of ether oxygens (including phenoxy) is 1. The maximum Gasteiger partial charge on any atom is 0.272 e. The highest BCUT2D eigenvalue weighted by molar-refractivity contribution is 7.90. The van der Waals surface area contributed by atoms with Crippen LogP contribution in [-0.4, -0.2) is 23.6 Å². The van der Waals surface area contributed by atoms with Crippen LogP contribution in [0.4, 0.5) is 0 Å². The van der Waals surface area contributed by atoms with Crippen molar-refractivity contribution in [3.05, 3.63) is 88.0 Å². The van der Waals surface area contributed by atoms with Crippen LogP contribution < -0.4 is 10.3 Å². The number of aryl methyl sites for hydroxylation is 2. The molecule has 0 fully saturated rings. The standard InChI is InChI=1S/C24H24N2O4S/c1-4-31(28,29)15-18-9-10-22(30-21-8-6-5-7-16(21)2)19(14-18)20-13-17(3)23-24(27)25-11-12-26(20)23/h5-14H,4,15H2,1-3H3,(H,25,27). The number of H-pyrrole nitrogens is 1. The minimum Gasteiger partial charge on any atom is -0.456 e. The van der Waals surface area contributed by atoms with Crippen LogP contribution in [0.15, 0.2) is 65.7 Å². The first-order chi connectivity index (χ1) is 14.8. The molecule has 0 amide bonds. The molecule has 0 bridgehead atoms. The molecule has 1 N–H and O–H groups in total. The van der Waals surface area contributed by atoms with E-state index in [0.717, 1.165) is 22.4 Å². The van der Waals surface area contributed by atoms with Crippen LogP contribution >= 0.6 is 0 Å². The molecule has 7 heteroatoms. The van der Waals surface area contributed by atoms with E-state index in [1.807, 2.05) is 54.6 Å². The summed E-state index contributed by atoms with van der Waals surface area (Å²) in [6.45, 7) is 5.48. The van der Waals surface area contributed by atoms with Crippen LogP contribution in [0.3, 0.4) is 0 Å². The molecular weight excluding hydrogens is 412 g/mol. The maximum atomic E-state index is 12.4. The third-order valence-electron chi connectivity index (χ3n) is 5.34. The lowest BCUT2D eigenvalue weighted by Gasteiger charge is -2.15. The van der Waals surface area contributed by atoms with Gasteiger partial charge < -0.3 is 14.1 Å². The molecule has 4 rings (SSSR count). The number of para-hydroxylation sites is 1. The number of sulfone groups is 1. The SMILES string of the molecule is CCS(=O)(=O)Cc1ccc(Oc2ccccc2C)c(-c2cc(C)c3c(=O)[nH]ccn23)c1. The van der Waals surface area contributed by atoms with Crippen molar-refractivity contribution >= 4 is 15.4 Å². The number of fused-ring (bicyclic) bond motifs is 1. The Balaban J connectivity index is 1.92. The van der Waals surface area contributed by atoms with Gasteiger partial charge in [0.25, 0.3) is 5.56 Å². The van der Waals surface area contributed by atoms with Crippen LogP contribution in [0.1, 0.15) is 23.6 Å². The van der Waals surface area contributed by atoms with E-state index in [2.05, 4.69) is 4.98 Å². The van der Waals surface area contributed by atoms with Gasteiger partial charge in [0.15, 0.2) is 9.84 Å². The smallest absolute Gasteiger partial charge is 0.272 e. The Morgan fingerprint density at radius 3 is 2.52 bits per heavy atom. The first-order valence-electron chi connectivity index (χ1n) is 10.1. The number of hydrogen-bond donors (Lipinski definition) is 1. The number of rotatable bonds is 6. The average Bonchev–Trinajstić information content (AvgIpc) is 3.08. The Hall–Kier alpha value is -3.32. The summed E-state index contributed by atoms with van der Waals surface area (Å²) in [5.41, 5.74) is 4.33. The van der Waals surface area contributed by atoms with Gasteiger partial charge in [0.2, 0.25) is 0 Å². The second kappa shape index (κ2) is 8.07. The van der Waals surface area contributed by atoms with Crippen LogP contribution in [0.5, 0.6) is 11.5 Å². The fourth-order valence-corrected chi connectivity index (χ4v) is 4.55. The van der Waals surface area contributed by atoms with Crippen molar-refractivity contribution in [1.29, 1.82) is 0 Å². The van der Waals surface area contributed by atoms with Crippen molar-refractivity contribution in [3.63, 3.8) is 0 Å². The summed E-state index contributed by atoms with van der Waals surface area (Å²) in [5, 5.41) is 0. The molecule has 0 radical (unpaired) electrons. The van der Waals surface area contributed by atoms with E-state index in [0.29, 0.717) is 22.6 Å². The van der Waals surface area contributed by atoms with E-state index in [1.165, 1.54) is 0 Å².